The highest BCUT2D eigenvalue weighted by atomic mass is 16.6. The summed E-state index contributed by atoms with van der Waals surface area (Å²) in [5.74, 6) is -0.163. The van der Waals surface area contributed by atoms with Crippen molar-refractivity contribution in [2.24, 2.45) is 0 Å². The standard InChI is InChI=1S/C17H29N3O6/c1-15(2)4-6-23-8-10-25-12-13-26-11-9-24-7-5-19-14-16(3)18-17(19)20(21)22/h4,14H,5-13H2,1-3H3. The van der Waals surface area contributed by atoms with Gasteiger partial charge in [0.15, 0.2) is 0 Å². The highest BCUT2D eigenvalue weighted by Gasteiger charge is 2.16. The molecule has 0 N–H and O–H groups in total. The van der Waals surface area contributed by atoms with Crippen molar-refractivity contribution < 1.29 is 23.9 Å². The molecule has 26 heavy (non-hydrogen) atoms. The lowest BCUT2D eigenvalue weighted by Crippen LogP contribution is -2.13. The predicted molar refractivity (Wildman–Crippen MR) is 96.3 cm³/mol. The fourth-order valence-electron chi connectivity index (χ4n) is 1.98. The van der Waals surface area contributed by atoms with Crippen LogP contribution in [0.3, 0.4) is 0 Å². The molecule has 0 saturated carbocycles. The van der Waals surface area contributed by atoms with Gasteiger partial charge in [-0.05, 0) is 25.7 Å². The van der Waals surface area contributed by atoms with Gasteiger partial charge in [-0.2, -0.15) is 0 Å². The van der Waals surface area contributed by atoms with Gasteiger partial charge in [0.2, 0.25) is 0 Å². The number of allylic oxidation sites excluding steroid dienone is 1. The third-order valence-electron chi connectivity index (χ3n) is 3.24. The van der Waals surface area contributed by atoms with Crippen LogP contribution in [0, 0.1) is 17.0 Å². The van der Waals surface area contributed by atoms with Gasteiger partial charge >= 0.3 is 5.95 Å². The van der Waals surface area contributed by atoms with Crippen molar-refractivity contribution in [3.63, 3.8) is 0 Å². The monoisotopic (exact) mass is 371 g/mol. The summed E-state index contributed by atoms with van der Waals surface area (Å²) in [6.07, 6.45) is 3.66. The van der Waals surface area contributed by atoms with Gasteiger partial charge in [-0.3, -0.25) is 0 Å². The number of hydrogen-bond donors (Lipinski definition) is 0. The molecule has 148 valence electrons. The molecule has 1 aromatic rings. The van der Waals surface area contributed by atoms with Crippen molar-refractivity contribution >= 4 is 5.95 Å². The fraction of sp³-hybridized carbons (Fsp3) is 0.706. The van der Waals surface area contributed by atoms with Crippen molar-refractivity contribution in [2.45, 2.75) is 27.3 Å². The van der Waals surface area contributed by atoms with Crippen LogP contribution in [0.2, 0.25) is 0 Å². The molecular weight excluding hydrogens is 342 g/mol. The van der Waals surface area contributed by atoms with Crippen LogP contribution < -0.4 is 0 Å². The van der Waals surface area contributed by atoms with Crippen molar-refractivity contribution in [1.29, 1.82) is 0 Å². The van der Waals surface area contributed by atoms with Gasteiger partial charge < -0.3 is 29.1 Å². The topological polar surface area (TPSA) is 97.9 Å². The molecule has 0 aliphatic heterocycles. The average Bonchev–Trinajstić information content (AvgIpc) is 2.96. The third kappa shape index (κ3) is 10.2. The maximum Gasteiger partial charge on any atom is 0.434 e. The number of imidazole rings is 1. The van der Waals surface area contributed by atoms with Crippen LogP contribution in [0.1, 0.15) is 19.5 Å². The van der Waals surface area contributed by atoms with Gasteiger partial charge in [0, 0.05) is 0 Å². The molecule has 1 rings (SSSR count). The van der Waals surface area contributed by atoms with E-state index in [9.17, 15) is 10.1 Å². The average molecular weight is 371 g/mol. The van der Waals surface area contributed by atoms with Crippen LogP contribution in [-0.4, -0.2) is 67.3 Å². The van der Waals surface area contributed by atoms with Gasteiger partial charge in [0.05, 0.1) is 59.4 Å². The molecule has 0 bridgehead atoms. The molecule has 0 saturated heterocycles. The Hall–Kier alpha value is -1.81. The second-order valence-electron chi connectivity index (χ2n) is 5.83. The van der Waals surface area contributed by atoms with E-state index in [2.05, 4.69) is 4.98 Å². The van der Waals surface area contributed by atoms with Gasteiger partial charge in [0.25, 0.3) is 0 Å². The maximum absolute atomic E-state index is 10.8. The Kier molecular flexibility index (Phi) is 11.5. The number of ether oxygens (including phenoxy) is 4. The molecule has 0 unspecified atom stereocenters. The Balaban J connectivity index is 1.91. The highest BCUT2D eigenvalue weighted by molar-refractivity contribution is 5.12. The van der Waals surface area contributed by atoms with Crippen LogP contribution in [0.15, 0.2) is 17.8 Å². The van der Waals surface area contributed by atoms with Gasteiger partial charge in [-0.25, -0.2) is 4.57 Å². The van der Waals surface area contributed by atoms with E-state index >= 15 is 0 Å². The molecule has 0 aromatic carbocycles. The van der Waals surface area contributed by atoms with E-state index in [4.69, 9.17) is 18.9 Å². The van der Waals surface area contributed by atoms with Crippen molar-refractivity contribution in [3.8, 4) is 0 Å². The van der Waals surface area contributed by atoms with Crippen LogP contribution >= 0.6 is 0 Å². The zero-order chi connectivity index (χ0) is 19.2. The summed E-state index contributed by atoms with van der Waals surface area (Å²) in [5.41, 5.74) is 1.85. The zero-order valence-corrected chi connectivity index (χ0v) is 15.8. The van der Waals surface area contributed by atoms with E-state index in [1.165, 1.54) is 10.1 Å². The van der Waals surface area contributed by atoms with Crippen LogP contribution in [0.25, 0.3) is 0 Å². The first-order chi connectivity index (χ1) is 12.5. The molecule has 0 aliphatic rings. The number of rotatable bonds is 15. The van der Waals surface area contributed by atoms with Crippen LogP contribution in [0.4, 0.5) is 5.95 Å². The van der Waals surface area contributed by atoms with E-state index < -0.39 is 4.92 Å². The van der Waals surface area contributed by atoms with E-state index in [-0.39, 0.29) is 5.95 Å². The molecular formula is C17H29N3O6. The third-order valence-corrected chi connectivity index (χ3v) is 3.24. The quantitative estimate of drug-likeness (QED) is 0.202. The van der Waals surface area contributed by atoms with Gasteiger partial charge in [0.1, 0.15) is 11.9 Å². The molecule has 0 fully saturated rings. The first-order valence-corrected chi connectivity index (χ1v) is 8.63. The number of nitrogens with zero attached hydrogens (tertiary/aromatic N) is 3. The number of aryl methyl sites for hydroxylation is 1. The molecule has 0 radical (unpaired) electrons. The van der Waals surface area contributed by atoms with Crippen LogP contribution in [0.5, 0.6) is 0 Å². The first kappa shape index (κ1) is 22.2. The molecule has 9 nitrogen and oxygen atoms in total. The minimum absolute atomic E-state index is 0.163. The lowest BCUT2D eigenvalue weighted by atomic mass is 10.3. The SMILES string of the molecule is CC(C)=CCOCCOCCOCCOCCn1cc(C)nc1[N+](=O)[O-]. The molecule has 9 heteroatoms. The van der Waals surface area contributed by atoms with Gasteiger partial charge in [-0.1, -0.05) is 16.6 Å². The lowest BCUT2D eigenvalue weighted by molar-refractivity contribution is -0.396. The normalized spacial score (nSPS) is 10.9. The molecule has 0 spiro atoms. The Morgan fingerprint density at radius 3 is 2.15 bits per heavy atom. The Labute approximate surface area is 154 Å². The molecule has 1 aromatic heterocycles. The smallest absolute Gasteiger partial charge is 0.390 e. The van der Waals surface area contributed by atoms with Crippen molar-refractivity contribution in [2.75, 3.05) is 52.9 Å². The fourth-order valence-corrected chi connectivity index (χ4v) is 1.98. The summed E-state index contributed by atoms with van der Waals surface area (Å²) >= 11 is 0. The summed E-state index contributed by atoms with van der Waals surface area (Å²) < 4.78 is 23.0. The molecule has 0 amide bonds. The summed E-state index contributed by atoms with van der Waals surface area (Å²) in [4.78, 5) is 14.2. The highest BCUT2D eigenvalue weighted by Crippen LogP contribution is 2.10. The molecule has 0 atom stereocenters. The van der Waals surface area contributed by atoms with E-state index in [0.29, 0.717) is 65.1 Å². The van der Waals surface area contributed by atoms with E-state index in [1.54, 1.807) is 13.1 Å². The Bertz CT molecular complexity index is 555. The maximum atomic E-state index is 10.8. The predicted octanol–water partition coefficient (Wildman–Crippen LogP) is 2.13. The van der Waals surface area contributed by atoms with Crippen LogP contribution in [-0.2, 0) is 25.5 Å². The van der Waals surface area contributed by atoms with E-state index in [1.807, 2.05) is 19.9 Å². The number of aromatic nitrogens is 2. The summed E-state index contributed by atoms with van der Waals surface area (Å²) in [5, 5.41) is 10.8. The zero-order valence-electron chi connectivity index (χ0n) is 15.8. The largest absolute Gasteiger partial charge is 0.434 e. The minimum atomic E-state index is -0.497. The number of nitro groups is 1. The molecule has 0 aliphatic carbocycles. The number of hydrogen-bond acceptors (Lipinski definition) is 7. The van der Waals surface area contributed by atoms with E-state index in [0.717, 1.165) is 0 Å². The van der Waals surface area contributed by atoms with Crippen molar-refractivity contribution in [1.82, 2.24) is 9.55 Å². The Morgan fingerprint density at radius 1 is 1.08 bits per heavy atom. The minimum Gasteiger partial charge on any atom is -0.390 e. The summed E-state index contributed by atoms with van der Waals surface area (Å²) in [6, 6.07) is 0. The lowest BCUT2D eigenvalue weighted by Gasteiger charge is -2.07. The summed E-state index contributed by atoms with van der Waals surface area (Å²) in [6.45, 7) is 10.1. The van der Waals surface area contributed by atoms with Crippen molar-refractivity contribution in [3.05, 3.63) is 33.7 Å². The second kappa shape index (κ2) is 13.4. The Morgan fingerprint density at radius 2 is 1.62 bits per heavy atom. The molecule has 1 heterocycles. The summed E-state index contributed by atoms with van der Waals surface area (Å²) in [7, 11) is 0. The van der Waals surface area contributed by atoms with Gasteiger partial charge in [-0.15, -0.1) is 0 Å². The second-order valence-corrected chi connectivity index (χ2v) is 5.83. The first-order valence-electron chi connectivity index (χ1n) is 8.63.